The first-order valence-electron chi connectivity index (χ1n) is 6.89. The van der Waals surface area contributed by atoms with Crippen LogP contribution < -0.4 is 5.32 Å². The Bertz CT molecular complexity index is 663. The number of hydrogen-bond acceptors (Lipinski definition) is 1. The Morgan fingerprint density at radius 3 is 2.38 bits per heavy atom. The Morgan fingerprint density at radius 2 is 1.76 bits per heavy atom. The Labute approximate surface area is 134 Å². The first-order valence-corrected chi connectivity index (χ1v) is 7.64. The average molecular weight is 320 g/mol. The van der Waals surface area contributed by atoms with Crippen LogP contribution in [-0.2, 0) is 5.41 Å². The molecule has 1 aliphatic rings. The van der Waals surface area contributed by atoms with Gasteiger partial charge in [-0.15, -0.1) is 0 Å². The molecule has 0 heterocycles. The fourth-order valence-corrected chi connectivity index (χ4v) is 2.82. The zero-order chi connectivity index (χ0) is 14.9. The van der Waals surface area contributed by atoms with Crippen molar-refractivity contribution in [3.05, 3.63) is 69.7 Å². The summed E-state index contributed by atoms with van der Waals surface area (Å²) in [6.45, 7) is 0.639. The summed E-state index contributed by atoms with van der Waals surface area (Å²) in [6, 6.07) is 14.9. The number of carbonyl (C=O) groups is 1. The summed E-state index contributed by atoms with van der Waals surface area (Å²) in [4.78, 5) is 12.2. The minimum atomic E-state index is -0.0854. The molecular weight excluding hydrogens is 305 g/mol. The Balaban J connectivity index is 1.67. The highest BCUT2D eigenvalue weighted by molar-refractivity contribution is 6.31. The third-order valence-electron chi connectivity index (χ3n) is 3.98. The Kier molecular flexibility index (Phi) is 3.92. The molecule has 21 heavy (non-hydrogen) atoms. The molecule has 4 heteroatoms. The molecule has 0 unspecified atom stereocenters. The molecule has 0 radical (unpaired) electrons. The fraction of sp³-hybridized carbons (Fsp3) is 0.235. The lowest BCUT2D eigenvalue weighted by Crippen LogP contribution is -2.32. The highest BCUT2D eigenvalue weighted by Gasteiger charge is 2.44. The Morgan fingerprint density at radius 1 is 1.05 bits per heavy atom. The molecule has 1 N–H and O–H groups in total. The molecule has 2 nitrogen and oxygen atoms in total. The van der Waals surface area contributed by atoms with Crippen molar-refractivity contribution in [3.63, 3.8) is 0 Å². The van der Waals surface area contributed by atoms with E-state index in [0.717, 1.165) is 17.9 Å². The van der Waals surface area contributed by atoms with Crippen LogP contribution in [0.15, 0.2) is 48.5 Å². The zero-order valence-corrected chi connectivity index (χ0v) is 12.9. The molecule has 0 saturated heterocycles. The minimum Gasteiger partial charge on any atom is -0.351 e. The number of benzene rings is 2. The molecule has 0 bridgehead atoms. The SMILES string of the molecule is O=C(NCC1(c2ccc(Cl)cc2)CC1)c1cccc(Cl)c1. The minimum absolute atomic E-state index is 0.0683. The van der Waals surface area contributed by atoms with Gasteiger partial charge in [-0.05, 0) is 48.7 Å². The molecule has 1 aliphatic carbocycles. The molecule has 1 amide bonds. The lowest BCUT2D eigenvalue weighted by molar-refractivity contribution is 0.0949. The molecule has 0 spiro atoms. The maximum Gasteiger partial charge on any atom is 0.251 e. The second-order valence-electron chi connectivity index (χ2n) is 5.48. The van der Waals surface area contributed by atoms with Crippen LogP contribution in [0.4, 0.5) is 0 Å². The number of nitrogens with one attached hydrogen (secondary N) is 1. The largest absolute Gasteiger partial charge is 0.351 e. The second-order valence-corrected chi connectivity index (χ2v) is 6.35. The lowest BCUT2D eigenvalue weighted by Gasteiger charge is -2.17. The van der Waals surface area contributed by atoms with Crippen LogP contribution >= 0.6 is 23.2 Å². The topological polar surface area (TPSA) is 29.1 Å². The van der Waals surface area contributed by atoms with E-state index in [4.69, 9.17) is 23.2 Å². The van der Waals surface area contributed by atoms with E-state index < -0.39 is 0 Å². The van der Waals surface area contributed by atoms with Crippen molar-refractivity contribution < 1.29 is 4.79 Å². The highest BCUT2D eigenvalue weighted by atomic mass is 35.5. The number of amides is 1. The maximum absolute atomic E-state index is 12.2. The molecule has 1 saturated carbocycles. The van der Waals surface area contributed by atoms with E-state index in [1.54, 1.807) is 24.3 Å². The summed E-state index contributed by atoms with van der Waals surface area (Å²) in [5.41, 5.74) is 1.89. The first kappa shape index (κ1) is 14.4. The van der Waals surface area contributed by atoms with E-state index >= 15 is 0 Å². The van der Waals surface area contributed by atoms with Gasteiger partial charge in [0.25, 0.3) is 5.91 Å². The monoisotopic (exact) mass is 319 g/mol. The zero-order valence-electron chi connectivity index (χ0n) is 11.4. The number of hydrogen-bond donors (Lipinski definition) is 1. The van der Waals surface area contributed by atoms with E-state index in [9.17, 15) is 4.79 Å². The summed E-state index contributed by atoms with van der Waals surface area (Å²) < 4.78 is 0. The van der Waals surface area contributed by atoms with Gasteiger partial charge in [-0.3, -0.25) is 4.79 Å². The smallest absolute Gasteiger partial charge is 0.251 e. The molecule has 0 aromatic heterocycles. The highest BCUT2D eigenvalue weighted by Crippen LogP contribution is 2.47. The summed E-state index contributed by atoms with van der Waals surface area (Å²) >= 11 is 11.8. The van der Waals surface area contributed by atoms with Gasteiger partial charge in [0.15, 0.2) is 0 Å². The van der Waals surface area contributed by atoms with Gasteiger partial charge in [0.2, 0.25) is 0 Å². The normalized spacial score (nSPS) is 15.5. The number of carbonyl (C=O) groups excluding carboxylic acids is 1. The Hall–Kier alpha value is -1.51. The standard InChI is InChI=1S/C17H15Cl2NO/c18-14-6-4-13(5-7-14)17(8-9-17)11-20-16(21)12-2-1-3-15(19)10-12/h1-7,10H,8-9,11H2,(H,20,21). The first-order chi connectivity index (χ1) is 10.1. The van der Waals surface area contributed by atoms with Crippen LogP contribution in [0.2, 0.25) is 10.0 Å². The van der Waals surface area contributed by atoms with Gasteiger partial charge in [-0.1, -0.05) is 41.4 Å². The van der Waals surface area contributed by atoms with Gasteiger partial charge in [0, 0.05) is 27.6 Å². The molecule has 2 aromatic carbocycles. The van der Waals surface area contributed by atoms with E-state index in [2.05, 4.69) is 5.32 Å². The second kappa shape index (κ2) is 5.70. The van der Waals surface area contributed by atoms with Gasteiger partial charge in [-0.2, -0.15) is 0 Å². The third kappa shape index (κ3) is 3.22. The van der Waals surface area contributed by atoms with Crippen LogP contribution in [-0.4, -0.2) is 12.5 Å². The molecule has 1 fully saturated rings. The molecular formula is C17H15Cl2NO. The van der Waals surface area contributed by atoms with Crippen LogP contribution in [0.25, 0.3) is 0 Å². The van der Waals surface area contributed by atoms with Crippen LogP contribution in [0.5, 0.6) is 0 Å². The van der Waals surface area contributed by atoms with Crippen LogP contribution in [0.3, 0.4) is 0 Å². The van der Waals surface area contributed by atoms with E-state index in [1.165, 1.54) is 5.56 Å². The van der Waals surface area contributed by atoms with Crippen molar-refractivity contribution in [1.29, 1.82) is 0 Å². The molecule has 0 atom stereocenters. The molecule has 108 valence electrons. The number of rotatable bonds is 4. The van der Waals surface area contributed by atoms with Gasteiger partial charge >= 0.3 is 0 Å². The van der Waals surface area contributed by atoms with Crippen molar-refractivity contribution in [2.24, 2.45) is 0 Å². The predicted octanol–water partition coefficient (Wildman–Crippen LogP) is 4.46. The summed E-state index contributed by atoms with van der Waals surface area (Å²) in [5, 5.41) is 4.32. The van der Waals surface area contributed by atoms with Crippen molar-refractivity contribution in [1.82, 2.24) is 5.32 Å². The van der Waals surface area contributed by atoms with Crippen molar-refractivity contribution in [3.8, 4) is 0 Å². The summed E-state index contributed by atoms with van der Waals surface area (Å²) in [5.74, 6) is -0.0854. The average Bonchev–Trinajstić information content (AvgIpc) is 3.27. The van der Waals surface area contributed by atoms with Crippen molar-refractivity contribution >= 4 is 29.1 Å². The molecule has 2 aromatic rings. The lowest BCUT2D eigenvalue weighted by atomic mass is 9.96. The quantitative estimate of drug-likeness (QED) is 0.886. The van der Waals surface area contributed by atoms with Crippen LogP contribution in [0, 0.1) is 0 Å². The molecule has 3 rings (SSSR count). The number of halogens is 2. The van der Waals surface area contributed by atoms with Gasteiger partial charge < -0.3 is 5.32 Å². The van der Waals surface area contributed by atoms with Crippen molar-refractivity contribution in [2.45, 2.75) is 18.3 Å². The third-order valence-corrected chi connectivity index (χ3v) is 4.47. The van der Waals surface area contributed by atoms with E-state index in [1.807, 2.05) is 24.3 Å². The van der Waals surface area contributed by atoms with Gasteiger partial charge in [0.1, 0.15) is 0 Å². The summed E-state index contributed by atoms with van der Waals surface area (Å²) in [7, 11) is 0. The van der Waals surface area contributed by atoms with Gasteiger partial charge in [0.05, 0.1) is 0 Å². The van der Waals surface area contributed by atoms with Crippen molar-refractivity contribution in [2.75, 3.05) is 6.54 Å². The molecule has 0 aliphatic heterocycles. The van der Waals surface area contributed by atoms with Crippen LogP contribution in [0.1, 0.15) is 28.8 Å². The van der Waals surface area contributed by atoms with E-state index in [-0.39, 0.29) is 11.3 Å². The predicted molar refractivity (Wildman–Crippen MR) is 86.1 cm³/mol. The fourth-order valence-electron chi connectivity index (χ4n) is 2.50. The summed E-state index contributed by atoms with van der Waals surface area (Å²) in [6.07, 6.45) is 2.18. The van der Waals surface area contributed by atoms with Gasteiger partial charge in [-0.25, -0.2) is 0 Å². The maximum atomic E-state index is 12.2. The van der Waals surface area contributed by atoms with E-state index in [0.29, 0.717) is 17.1 Å².